The standard InChI is InChI=1S/C14H12ClNO6S/c1-8-5-11(6-9(2)14(8)17)23(20,21)22-13-4-3-10(16(18)19)7-12(13)15/h3-7,17H,1-2H3. The maximum absolute atomic E-state index is 12.3. The number of phenols is 1. The van der Waals surface area contributed by atoms with E-state index in [4.69, 9.17) is 15.8 Å². The lowest BCUT2D eigenvalue weighted by molar-refractivity contribution is -0.384. The van der Waals surface area contributed by atoms with Crippen LogP contribution in [0.3, 0.4) is 0 Å². The Morgan fingerprint density at radius 1 is 1.17 bits per heavy atom. The van der Waals surface area contributed by atoms with Crippen molar-refractivity contribution in [1.29, 1.82) is 0 Å². The van der Waals surface area contributed by atoms with Crippen molar-refractivity contribution in [2.45, 2.75) is 18.7 Å². The zero-order chi connectivity index (χ0) is 17.4. The molecule has 122 valence electrons. The van der Waals surface area contributed by atoms with Crippen molar-refractivity contribution < 1.29 is 22.6 Å². The third-order valence-electron chi connectivity index (χ3n) is 3.08. The van der Waals surface area contributed by atoms with E-state index in [0.717, 1.165) is 18.2 Å². The summed E-state index contributed by atoms with van der Waals surface area (Å²) in [6, 6.07) is 5.72. The van der Waals surface area contributed by atoms with Crippen LogP contribution in [0.5, 0.6) is 11.5 Å². The van der Waals surface area contributed by atoms with Crippen LogP contribution in [0, 0.1) is 24.0 Å². The van der Waals surface area contributed by atoms with E-state index in [1.54, 1.807) is 13.8 Å². The Bertz CT molecular complexity index is 871. The second kappa shape index (κ2) is 6.05. The smallest absolute Gasteiger partial charge is 0.339 e. The minimum Gasteiger partial charge on any atom is -0.507 e. The minimum absolute atomic E-state index is 0.00248. The SMILES string of the molecule is Cc1cc(S(=O)(=O)Oc2ccc([N+](=O)[O-])cc2Cl)cc(C)c1O. The highest BCUT2D eigenvalue weighted by Crippen LogP contribution is 2.32. The molecule has 0 amide bonds. The van der Waals surface area contributed by atoms with Gasteiger partial charge in [0, 0.05) is 12.1 Å². The van der Waals surface area contributed by atoms with Crippen molar-refractivity contribution >= 4 is 27.4 Å². The molecule has 0 heterocycles. The molecule has 0 aliphatic heterocycles. The van der Waals surface area contributed by atoms with Gasteiger partial charge in [-0.15, -0.1) is 0 Å². The molecule has 2 aromatic rings. The molecular weight excluding hydrogens is 346 g/mol. The molecule has 0 fully saturated rings. The Balaban J connectivity index is 2.41. The molecule has 0 bridgehead atoms. The number of aromatic hydroxyl groups is 1. The molecule has 23 heavy (non-hydrogen) atoms. The number of aryl methyl sites for hydroxylation is 2. The van der Waals surface area contributed by atoms with Crippen LogP contribution in [-0.4, -0.2) is 18.4 Å². The van der Waals surface area contributed by atoms with Crippen LogP contribution in [0.15, 0.2) is 35.2 Å². The first-order valence-electron chi connectivity index (χ1n) is 6.30. The molecule has 0 aliphatic rings. The van der Waals surface area contributed by atoms with E-state index in [0.29, 0.717) is 11.1 Å². The van der Waals surface area contributed by atoms with Crippen molar-refractivity contribution in [3.8, 4) is 11.5 Å². The fraction of sp³-hybridized carbons (Fsp3) is 0.143. The van der Waals surface area contributed by atoms with E-state index >= 15 is 0 Å². The molecule has 9 heteroatoms. The number of non-ortho nitro benzene ring substituents is 1. The summed E-state index contributed by atoms with van der Waals surface area (Å²) < 4.78 is 29.5. The monoisotopic (exact) mass is 357 g/mol. The third kappa shape index (κ3) is 3.54. The predicted molar refractivity (Wildman–Crippen MR) is 83.5 cm³/mol. The summed E-state index contributed by atoms with van der Waals surface area (Å²) in [5.41, 5.74) is 0.472. The number of phenolic OH excluding ortho intramolecular Hbond substituents is 1. The van der Waals surface area contributed by atoms with Crippen LogP contribution in [-0.2, 0) is 10.1 Å². The quantitative estimate of drug-likeness (QED) is 0.511. The van der Waals surface area contributed by atoms with Crippen molar-refractivity contribution in [2.24, 2.45) is 0 Å². The van der Waals surface area contributed by atoms with Crippen molar-refractivity contribution in [3.05, 3.63) is 56.6 Å². The van der Waals surface area contributed by atoms with Gasteiger partial charge in [0.25, 0.3) is 5.69 Å². The summed E-state index contributed by atoms with van der Waals surface area (Å²) in [7, 11) is -4.20. The van der Waals surface area contributed by atoms with Crippen LogP contribution in [0.25, 0.3) is 0 Å². The molecule has 0 aliphatic carbocycles. The number of rotatable bonds is 4. The van der Waals surface area contributed by atoms with Gasteiger partial charge in [-0.25, -0.2) is 0 Å². The average Bonchev–Trinajstić information content (AvgIpc) is 2.45. The van der Waals surface area contributed by atoms with Crippen LogP contribution < -0.4 is 4.18 Å². The van der Waals surface area contributed by atoms with Gasteiger partial charge in [0.15, 0.2) is 5.75 Å². The highest BCUT2D eigenvalue weighted by atomic mass is 35.5. The summed E-state index contributed by atoms with van der Waals surface area (Å²) in [6.45, 7) is 3.11. The van der Waals surface area contributed by atoms with Crippen molar-refractivity contribution in [2.75, 3.05) is 0 Å². The zero-order valence-electron chi connectivity index (χ0n) is 12.1. The highest BCUT2D eigenvalue weighted by molar-refractivity contribution is 7.87. The molecule has 0 unspecified atom stereocenters. The van der Waals surface area contributed by atoms with Gasteiger partial charge in [-0.1, -0.05) is 11.6 Å². The second-order valence-corrected chi connectivity index (χ2v) is 6.77. The zero-order valence-corrected chi connectivity index (χ0v) is 13.7. The third-order valence-corrected chi connectivity index (χ3v) is 4.59. The topological polar surface area (TPSA) is 107 Å². The number of hydrogen-bond donors (Lipinski definition) is 1. The van der Waals surface area contributed by atoms with Gasteiger partial charge < -0.3 is 9.29 Å². The Labute approximate surface area is 137 Å². The van der Waals surface area contributed by atoms with Crippen LogP contribution >= 0.6 is 11.6 Å². The Morgan fingerprint density at radius 3 is 2.22 bits per heavy atom. The predicted octanol–water partition coefficient (Wildman–Crippen LogP) is 3.34. The van der Waals surface area contributed by atoms with Gasteiger partial charge in [-0.05, 0) is 43.2 Å². The molecule has 1 N–H and O–H groups in total. The van der Waals surface area contributed by atoms with Crippen molar-refractivity contribution in [1.82, 2.24) is 0 Å². The molecule has 0 radical (unpaired) electrons. The summed E-state index contributed by atoms with van der Waals surface area (Å²) in [6.07, 6.45) is 0. The molecule has 2 rings (SSSR count). The van der Waals surface area contributed by atoms with Gasteiger partial charge in [0.2, 0.25) is 0 Å². The first-order valence-corrected chi connectivity index (χ1v) is 8.09. The summed E-state index contributed by atoms with van der Waals surface area (Å²) in [5.74, 6) is -0.224. The number of nitrogens with zero attached hydrogens (tertiary/aromatic N) is 1. The Hall–Kier alpha value is -2.32. The van der Waals surface area contributed by atoms with Gasteiger partial charge in [-0.3, -0.25) is 10.1 Å². The first-order chi connectivity index (χ1) is 10.6. The minimum atomic E-state index is -4.20. The average molecular weight is 358 g/mol. The summed E-state index contributed by atoms with van der Waals surface area (Å²) in [4.78, 5) is 9.83. The Morgan fingerprint density at radius 2 is 1.74 bits per heavy atom. The van der Waals surface area contributed by atoms with Gasteiger partial charge in [0.1, 0.15) is 10.6 Å². The lowest BCUT2D eigenvalue weighted by Crippen LogP contribution is -2.10. The van der Waals surface area contributed by atoms with Gasteiger partial charge in [-0.2, -0.15) is 8.42 Å². The first kappa shape index (κ1) is 17.0. The van der Waals surface area contributed by atoms with E-state index in [2.05, 4.69) is 0 Å². The number of nitro groups is 1. The molecule has 0 saturated carbocycles. The maximum Gasteiger partial charge on any atom is 0.339 e. The van der Waals surface area contributed by atoms with Gasteiger partial charge in [0.05, 0.1) is 9.95 Å². The number of halogens is 1. The van der Waals surface area contributed by atoms with Gasteiger partial charge >= 0.3 is 10.1 Å². The molecule has 0 aromatic heterocycles. The van der Waals surface area contributed by atoms with Crippen LogP contribution in [0.1, 0.15) is 11.1 Å². The fourth-order valence-electron chi connectivity index (χ4n) is 1.90. The lowest BCUT2D eigenvalue weighted by atomic mass is 10.1. The van der Waals surface area contributed by atoms with E-state index < -0.39 is 15.0 Å². The molecule has 0 spiro atoms. The highest BCUT2D eigenvalue weighted by Gasteiger charge is 2.21. The molecule has 7 nitrogen and oxygen atoms in total. The van der Waals surface area contributed by atoms with Crippen molar-refractivity contribution in [3.63, 3.8) is 0 Å². The Kier molecular flexibility index (Phi) is 4.49. The summed E-state index contributed by atoms with van der Waals surface area (Å²) in [5, 5.41) is 20.1. The fourth-order valence-corrected chi connectivity index (χ4v) is 3.28. The van der Waals surface area contributed by atoms with Crippen LogP contribution in [0.2, 0.25) is 5.02 Å². The van der Waals surface area contributed by atoms with E-state index in [9.17, 15) is 23.6 Å². The summed E-state index contributed by atoms with van der Waals surface area (Å²) >= 11 is 5.82. The number of hydrogen-bond acceptors (Lipinski definition) is 6. The lowest BCUT2D eigenvalue weighted by Gasteiger charge is -2.11. The van der Waals surface area contributed by atoms with E-state index in [1.165, 1.54) is 12.1 Å². The number of nitro benzene ring substituents is 1. The molecule has 2 aromatic carbocycles. The number of benzene rings is 2. The maximum atomic E-state index is 12.3. The van der Waals surface area contributed by atoms with E-state index in [1.807, 2.05) is 0 Å². The molecule has 0 atom stereocenters. The molecular formula is C14H12ClNO6S. The second-order valence-electron chi connectivity index (χ2n) is 4.81. The normalized spacial score (nSPS) is 11.3. The molecule has 0 saturated heterocycles. The van der Waals surface area contributed by atoms with E-state index in [-0.39, 0.29) is 27.1 Å². The van der Waals surface area contributed by atoms with Crippen LogP contribution in [0.4, 0.5) is 5.69 Å². The largest absolute Gasteiger partial charge is 0.507 e.